The molecular formula is C22H43BrO. The summed E-state index contributed by atoms with van der Waals surface area (Å²) in [6, 6.07) is 0. The highest BCUT2D eigenvalue weighted by atomic mass is 79.9. The molecule has 0 spiro atoms. The van der Waals surface area contributed by atoms with Crippen LogP contribution in [0.4, 0.5) is 0 Å². The summed E-state index contributed by atoms with van der Waals surface area (Å²) in [4.78, 5) is 10.7. The van der Waals surface area contributed by atoms with Gasteiger partial charge in [-0.25, -0.2) is 0 Å². The van der Waals surface area contributed by atoms with Gasteiger partial charge in [0.1, 0.15) is 0 Å². The molecule has 144 valence electrons. The molecule has 2 heteroatoms. The van der Waals surface area contributed by atoms with Crippen LogP contribution in [-0.4, -0.2) is 4.69 Å². The Kier molecular flexibility index (Phi) is 21.3. The quantitative estimate of drug-likeness (QED) is 0.147. The van der Waals surface area contributed by atoms with Gasteiger partial charge in [0, 0.05) is 6.42 Å². The van der Waals surface area contributed by atoms with Crippen LogP contribution in [0.3, 0.4) is 0 Å². The normalized spacial score (nSPS) is 11.1. The fraction of sp³-hybridized carbons (Fsp3) is 0.955. The molecule has 0 aliphatic heterocycles. The lowest BCUT2D eigenvalue weighted by Gasteiger charge is -2.03. The van der Waals surface area contributed by atoms with Crippen LogP contribution in [0.2, 0.25) is 0 Å². The van der Waals surface area contributed by atoms with Crippen molar-refractivity contribution in [3.05, 3.63) is 0 Å². The van der Waals surface area contributed by atoms with Crippen LogP contribution in [0.5, 0.6) is 0 Å². The van der Waals surface area contributed by atoms with E-state index < -0.39 is 0 Å². The van der Waals surface area contributed by atoms with Gasteiger partial charge in [0.05, 0.1) is 0 Å². The van der Waals surface area contributed by atoms with Crippen LogP contribution >= 0.6 is 15.9 Å². The second-order valence-electron chi connectivity index (χ2n) is 7.47. The van der Waals surface area contributed by atoms with Crippen molar-refractivity contribution >= 4 is 20.6 Å². The van der Waals surface area contributed by atoms with Crippen LogP contribution in [-0.2, 0) is 4.79 Å². The maximum atomic E-state index is 10.7. The maximum absolute atomic E-state index is 10.7. The smallest absolute Gasteiger partial charge is 0.197 e. The van der Waals surface area contributed by atoms with E-state index in [1.54, 1.807) is 0 Å². The summed E-state index contributed by atoms with van der Waals surface area (Å²) in [6.07, 6.45) is 27.2. The number of hydrogen-bond acceptors (Lipinski definition) is 1. The molecule has 0 bridgehead atoms. The molecule has 0 heterocycles. The van der Waals surface area contributed by atoms with Gasteiger partial charge in [-0.2, -0.15) is 0 Å². The summed E-state index contributed by atoms with van der Waals surface area (Å²) in [5, 5.41) is 0. The first kappa shape index (κ1) is 24.1. The molecule has 0 aliphatic carbocycles. The Bertz CT molecular complexity index is 252. The Morgan fingerprint density at radius 2 is 0.750 bits per heavy atom. The highest BCUT2D eigenvalue weighted by Gasteiger charge is 1.96. The highest BCUT2D eigenvalue weighted by molar-refractivity contribution is 9.18. The molecule has 0 saturated carbocycles. The van der Waals surface area contributed by atoms with E-state index in [2.05, 4.69) is 22.9 Å². The van der Waals surface area contributed by atoms with Crippen LogP contribution in [0.1, 0.15) is 135 Å². The standard InChI is InChI=1S/C22H43BrO/c1-2-3-4-5-6-7-8-9-10-11-12-13-14-15-16-17-18-19-20-21-22(23)24/h2-21H2,1H3. The highest BCUT2D eigenvalue weighted by Crippen LogP contribution is 2.14. The summed E-state index contributed by atoms with van der Waals surface area (Å²) in [5.74, 6) is 0. The molecule has 24 heavy (non-hydrogen) atoms. The van der Waals surface area contributed by atoms with Crippen LogP contribution in [0.25, 0.3) is 0 Å². The number of hydrogen-bond donors (Lipinski definition) is 0. The minimum absolute atomic E-state index is 0.162. The van der Waals surface area contributed by atoms with E-state index in [4.69, 9.17) is 0 Å². The van der Waals surface area contributed by atoms with Crippen LogP contribution in [0, 0.1) is 0 Å². The van der Waals surface area contributed by atoms with Gasteiger partial charge >= 0.3 is 0 Å². The predicted molar refractivity (Wildman–Crippen MR) is 112 cm³/mol. The maximum Gasteiger partial charge on any atom is 0.197 e. The van der Waals surface area contributed by atoms with Crippen molar-refractivity contribution in [1.82, 2.24) is 0 Å². The average molecular weight is 403 g/mol. The Morgan fingerprint density at radius 1 is 0.500 bits per heavy atom. The van der Waals surface area contributed by atoms with Gasteiger partial charge < -0.3 is 0 Å². The van der Waals surface area contributed by atoms with Crippen LogP contribution < -0.4 is 0 Å². The third kappa shape index (κ3) is 22.1. The lowest BCUT2D eigenvalue weighted by molar-refractivity contribution is -0.110. The SMILES string of the molecule is CCCCCCCCCCCCCCCCCCCCCC(=O)Br. The lowest BCUT2D eigenvalue weighted by Crippen LogP contribution is -1.86. The Balaban J connectivity index is 2.97. The van der Waals surface area contributed by atoms with Gasteiger partial charge in [0.15, 0.2) is 4.69 Å². The van der Waals surface area contributed by atoms with E-state index in [0.717, 1.165) is 6.42 Å². The molecule has 0 saturated heterocycles. The van der Waals surface area contributed by atoms with E-state index in [9.17, 15) is 4.79 Å². The molecule has 0 fully saturated rings. The summed E-state index contributed by atoms with van der Waals surface area (Å²) >= 11 is 2.99. The van der Waals surface area contributed by atoms with Gasteiger partial charge in [0.25, 0.3) is 0 Å². The first-order valence-corrected chi connectivity index (χ1v) is 11.7. The average Bonchev–Trinajstić information content (AvgIpc) is 2.56. The fourth-order valence-electron chi connectivity index (χ4n) is 3.34. The molecular weight excluding hydrogens is 360 g/mol. The van der Waals surface area contributed by atoms with Gasteiger partial charge in [-0.3, -0.25) is 4.79 Å². The van der Waals surface area contributed by atoms with Gasteiger partial charge in [-0.1, -0.05) is 122 Å². The Hall–Kier alpha value is 0.150. The van der Waals surface area contributed by atoms with Crippen molar-refractivity contribution < 1.29 is 4.79 Å². The molecule has 0 N–H and O–H groups in total. The van der Waals surface area contributed by atoms with Gasteiger partial charge in [0.2, 0.25) is 0 Å². The minimum atomic E-state index is 0.162. The zero-order valence-corrected chi connectivity index (χ0v) is 18.0. The summed E-state index contributed by atoms with van der Waals surface area (Å²) in [5.41, 5.74) is 0. The molecule has 0 atom stereocenters. The second-order valence-corrected chi connectivity index (χ2v) is 8.35. The third-order valence-corrected chi connectivity index (χ3v) is 5.37. The van der Waals surface area contributed by atoms with Crippen molar-refractivity contribution in [2.45, 2.75) is 135 Å². The molecule has 0 aromatic carbocycles. The van der Waals surface area contributed by atoms with E-state index >= 15 is 0 Å². The van der Waals surface area contributed by atoms with E-state index in [-0.39, 0.29) is 4.69 Å². The predicted octanol–water partition coefficient (Wildman–Crippen LogP) is 8.73. The zero-order valence-electron chi connectivity index (χ0n) is 16.4. The Labute approximate surface area is 160 Å². The summed E-state index contributed by atoms with van der Waals surface area (Å²) in [6.45, 7) is 2.29. The summed E-state index contributed by atoms with van der Waals surface area (Å²) in [7, 11) is 0. The van der Waals surface area contributed by atoms with E-state index in [1.807, 2.05) is 0 Å². The van der Waals surface area contributed by atoms with E-state index in [1.165, 1.54) is 116 Å². The number of halogens is 1. The van der Waals surface area contributed by atoms with Gasteiger partial charge in [-0.15, -0.1) is 0 Å². The number of rotatable bonds is 20. The van der Waals surface area contributed by atoms with Crippen molar-refractivity contribution in [3.8, 4) is 0 Å². The molecule has 0 amide bonds. The van der Waals surface area contributed by atoms with Crippen molar-refractivity contribution in [2.75, 3.05) is 0 Å². The monoisotopic (exact) mass is 402 g/mol. The third-order valence-electron chi connectivity index (χ3n) is 4.98. The lowest BCUT2D eigenvalue weighted by atomic mass is 10.0. The molecule has 0 radical (unpaired) electrons. The number of carbonyl (C=O) groups is 1. The minimum Gasteiger partial charge on any atom is -0.287 e. The number of unbranched alkanes of at least 4 members (excludes halogenated alkanes) is 18. The van der Waals surface area contributed by atoms with Crippen molar-refractivity contribution in [1.29, 1.82) is 0 Å². The fourth-order valence-corrected chi connectivity index (χ4v) is 3.62. The number of carbonyl (C=O) groups excluding carboxylic acids is 1. The first-order chi connectivity index (χ1) is 11.8. The van der Waals surface area contributed by atoms with Crippen molar-refractivity contribution in [3.63, 3.8) is 0 Å². The largest absolute Gasteiger partial charge is 0.287 e. The van der Waals surface area contributed by atoms with Crippen LogP contribution in [0.15, 0.2) is 0 Å². The molecule has 0 unspecified atom stereocenters. The topological polar surface area (TPSA) is 17.1 Å². The Morgan fingerprint density at radius 3 is 1.00 bits per heavy atom. The molecule has 0 aromatic heterocycles. The zero-order chi connectivity index (χ0) is 17.7. The molecule has 0 rings (SSSR count). The first-order valence-electron chi connectivity index (χ1n) is 11.0. The van der Waals surface area contributed by atoms with E-state index in [0.29, 0.717) is 6.42 Å². The molecule has 0 aliphatic rings. The molecule has 1 nitrogen and oxygen atoms in total. The van der Waals surface area contributed by atoms with Gasteiger partial charge in [-0.05, 0) is 22.4 Å². The second kappa shape index (κ2) is 21.2. The van der Waals surface area contributed by atoms with Crippen molar-refractivity contribution in [2.24, 2.45) is 0 Å². The molecule has 0 aromatic rings. The summed E-state index contributed by atoms with van der Waals surface area (Å²) < 4.78 is 0.162.